The quantitative estimate of drug-likeness (QED) is 0.842. The van der Waals surface area contributed by atoms with Crippen LogP contribution in [0.4, 0.5) is 5.69 Å². The Morgan fingerprint density at radius 1 is 1.12 bits per heavy atom. The molecule has 5 nitrogen and oxygen atoms in total. The minimum atomic E-state index is 0.00823. The Bertz CT molecular complexity index is 558. The summed E-state index contributed by atoms with van der Waals surface area (Å²) in [5, 5.41) is 5.94. The van der Waals surface area contributed by atoms with Gasteiger partial charge in [-0.05, 0) is 69.5 Å². The lowest BCUT2D eigenvalue weighted by atomic mass is 9.96. The molecule has 1 heterocycles. The predicted octanol–water partition coefficient (Wildman–Crippen LogP) is 2.48. The Morgan fingerprint density at radius 3 is 2.33 bits per heavy atom. The van der Waals surface area contributed by atoms with E-state index >= 15 is 0 Å². The predicted molar refractivity (Wildman–Crippen MR) is 97.0 cm³/mol. The van der Waals surface area contributed by atoms with Gasteiger partial charge in [-0.1, -0.05) is 13.0 Å². The van der Waals surface area contributed by atoms with Gasteiger partial charge < -0.3 is 10.6 Å². The highest BCUT2D eigenvalue weighted by atomic mass is 16.2. The lowest BCUT2D eigenvalue weighted by Gasteiger charge is -2.30. The molecule has 132 valence electrons. The van der Waals surface area contributed by atoms with E-state index in [1.54, 1.807) is 0 Å². The largest absolute Gasteiger partial charge is 0.356 e. The molecule has 2 N–H and O–H groups in total. The van der Waals surface area contributed by atoms with Crippen LogP contribution in [-0.4, -0.2) is 42.9 Å². The third kappa shape index (κ3) is 5.64. The molecule has 1 fully saturated rings. The molecule has 24 heavy (non-hydrogen) atoms. The summed E-state index contributed by atoms with van der Waals surface area (Å²) in [4.78, 5) is 26.3. The van der Waals surface area contributed by atoms with Gasteiger partial charge in [-0.15, -0.1) is 0 Å². The Kier molecular flexibility index (Phi) is 6.79. The molecule has 1 aromatic carbocycles. The molecule has 0 aliphatic carbocycles. The third-order valence-corrected chi connectivity index (χ3v) is 4.38. The topological polar surface area (TPSA) is 61.4 Å². The maximum absolute atomic E-state index is 12.2. The first-order chi connectivity index (χ1) is 11.5. The van der Waals surface area contributed by atoms with Gasteiger partial charge in [0.2, 0.25) is 11.8 Å². The first-order valence-electron chi connectivity index (χ1n) is 8.86. The summed E-state index contributed by atoms with van der Waals surface area (Å²) in [5.41, 5.74) is 3.14. The summed E-state index contributed by atoms with van der Waals surface area (Å²) in [7, 11) is 0. The van der Waals surface area contributed by atoms with E-state index < -0.39 is 0 Å². The van der Waals surface area contributed by atoms with Crippen molar-refractivity contribution in [2.45, 2.75) is 40.0 Å². The van der Waals surface area contributed by atoms with Gasteiger partial charge in [-0.25, -0.2) is 0 Å². The zero-order valence-electron chi connectivity index (χ0n) is 15.0. The third-order valence-electron chi connectivity index (χ3n) is 4.38. The fraction of sp³-hybridized carbons (Fsp3) is 0.579. The molecule has 5 heteroatoms. The molecule has 2 amide bonds. The average molecular weight is 331 g/mol. The minimum absolute atomic E-state index is 0.00823. The van der Waals surface area contributed by atoms with Crippen molar-refractivity contribution >= 4 is 17.5 Å². The zero-order chi connectivity index (χ0) is 17.5. The van der Waals surface area contributed by atoms with Crippen molar-refractivity contribution in [3.63, 3.8) is 0 Å². The Labute approximate surface area is 144 Å². The number of carbonyl (C=O) groups is 2. The van der Waals surface area contributed by atoms with Gasteiger partial charge in [0.05, 0.1) is 6.54 Å². The molecule has 0 unspecified atom stereocenters. The normalized spacial score (nSPS) is 16.0. The maximum atomic E-state index is 12.2. The Morgan fingerprint density at radius 2 is 1.75 bits per heavy atom. The lowest BCUT2D eigenvalue weighted by molar-refractivity contribution is -0.126. The van der Waals surface area contributed by atoms with Crippen LogP contribution in [0.2, 0.25) is 0 Å². The van der Waals surface area contributed by atoms with Crippen LogP contribution >= 0.6 is 0 Å². The highest BCUT2D eigenvalue weighted by Crippen LogP contribution is 2.18. The number of benzene rings is 1. The van der Waals surface area contributed by atoms with Gasteiger partial charge in [-0.2, -0.15) is 0 Å². The van der Waals surface area contributed by atoms with Crippen molar-refractivity contribution in [3.8, 4) is 0 Å². The second-order valence-corrected chi connectivity index (χ2v) is 6.77. The number of likely N-dealkylation sites (tertiary alicyclic amines) is 1. The summed E-state index contributed by atoms with van der Waals surface area (Å²) in [6.07, 6.45) is 2.61. The second-order valence-electron chi connectivity index (χ2n) is 6.77. The van der Waals surface area contributed by atoms with Gasteiger partial charge in [-0.3, -0.25) is 14.5 Å². The van der Waals surface area contributed by atoms with E-state index in [0.717, 1.165) is 55.7 Å². The molecule has 0 bridgehead atoms. The maximum Gasteiger partial charge on any atom is 0.238 e. The van der Waals surface area contributed by atoms with Gasteiger partial charge in [0.25, 0.3) is 0 Å². The summed E-state index contributed by atoms with van der Waals surface area (Å²) in [6, 6.07) is 6.05. The highest BCUT2D eigenvalue weighted by Gasteiger charge is 2.25. The van der Waals surface area contributed by atoms with E-state index in [-0.39, 0.29) is 17.7 Å². The Hall–Kier alpha value is -1.88. The monoisotopic (exact) mass is 331 g/mol. The van der Waals surface area contributed by atoms with E-state index in [9.17, 15) is 9.59 Å². The van der Waals surface area contributed by atoms with Crippen molar-refractivity contribution in [2.24, 2.45) is 5.92 Å². The van der Waals surface area contributed by atoms with Crippen molar-refractivity contribution in [1.29, 1.82) is 0 Å². The first kappa shape index (κ1) is 18.5. The number of aryl methyl sites for hydroxylation is 2. The van der Waals surface area contributed by atoms with Gasteiger partial charge in [0.1, 0.15) is 0 Å². The van der Waals surface area contributed by atoms with E-state index in [2.05, 4.69) is 28.5 Å². The molecule has 2 rings (SSSR count). The summed E-state index contributed by atoms with van der Waals surface area (Å²) in [5.74, 6) is 0.264. The molecular formula is C19H29N3O2. The number of nitrogens with zero attached hydrogens (tertiary/aromatic N) is 1. The molecule has 0 spiro atoms. The minimum Gasteiger partial charge on any atom is -0.356 e. The van der Waals surface area contributed by atoms with Gasteiger partial charge >= 0.3 is 0 Å². The van der Waals surface area contributed by atoms with Crippen molar-refractivity contribution in [2.75, 3.05) is 31.5 Å². The van der Waals surface area contributed by atoms with E-state index in [0.29, 0.717) is 6.54 Å². The summed E-state index contributed by atoms with van der Waals surface area (Å²) < 4.78 is 0. The number of carbonyl (C=O) groups excluding carboxylic acids is 2. The van der Waals surface area contributed by atoms with Crippen LogP contribution in [0.5, 0.6) is 0 Å². The van der Waals surface area contributed by atoms with Gasteiger partial charge in [0, 0.05) is 18.2 Å². The number of anilines is 1. The van der Waals surface area contributed by atoms with Crippen molar-refractivity contribution in [3.05, 3.63) is 29.3 Å². The van der Waals surface area contributed by atoms with Crippen molar-refractivity contribution < 1.29 is 9.59 Å². The number of hydrogen-bond acceptors (Lipinski definition) is 3. The van der Waals surface area contributed by atoms with Crippen LogP contribution in [0.3, 0.4) is 0 Å². The van der Waals surface area contributed by atoms with Gasteiger partial charge in [0.15, 0.2) is 0 Å². The van der Waals surface area contributed by atoms with E-state index in [4.69, 9.17) is 0 Å². The van der Waals surface area contributed by atoms with E-state index in [1.165, 1.54) is 0 Å². The summed E-state index contributed by atoms with van der Waals surface area (Å²) in [6.45, 7) is 8.83. The fourth-order valence-electron chi connectivity index (χ4n) is 3.20. The van der Waals surface area contributed by atoms with Crippen LogP contribution in [0, 0.1) is 19.8 Å². The van der Waals surface area contributed by atoms with Crippen molar-refractivity contribution in [1.82, 2.24) is 10.2 Å². The highest BCUT2D eigenvalue weighted by molar-refractivity contribution is 5.92. The first-order valence-corrected chi connectivity index (χ1v) is 8.86. The number of piperidine rings is 1. The molecule has 0 radical (unpaired) electrons. The lowest BCUT2D eigenvalue weighted by Crippen LogP contribution is -2.43. The number of amides is 2. The molecule has 1 aliphatic rings. The molecule has 0 saturated carbocycles. The molecule has 1 aliphatic heterocycles. The molecule has 0 atom stereocenters. The number of hydrogen-bond donors (Lipinski definition) is 2. The standard InChI is InChI=1S/C19H29N3O2/c1-4-7-20-19(24)16-5-8-22(9-6-16)13-18(23)21-17-11-14(2)10-15(3)12-17/h10-12,16H,4-9,13H2,1-3H3,(H,20,24)(H,21,23). The SMILES string of the molecule is CCCNC(=O)C1CCN(CC(=O)Nc2cc(C)cc(C)c2)CC1. The molecule has 1 saturated heterocycles. The Balaban J connectivity index is 1.77. The van der Waals surface area contributed by atoms with Crippen LogP contribution < -0.4 is 10.6 Å². The van der Waals surface area contributed by atoms with E-state index in [1.807, 2.05) is 26.0 Å². The number of rotatable bonds is 6. The average Bonchev–Trinajstić information content (AvgIpc) is 2.52. The molecular weight excluding hydrogens is 302 g/mol. The van der Waals surface area contributed by atoms with Crippen LogP contribution in [0.1, 0.15) is 37.3 Å². The zero-order valence-corrected chi connectivity index (χ0v) is 15.0. The van der Waals surface area contributed by atoms with Crippen LogP contribution in [0.15, 0.2) is 18.2 Å². The molecule has 1 aromatic rings. The molecule has 0 aromatic heterocycles. The fourth-order valence-corrected chi connectivity index (χ4v) is 3.20. The van der Waals surface area contributed by atoms with Crippen LogP contribution in [0.25, 0.3) is 0 Å². The van der Waals surface area contributed by atoms with Crippen LogP contribution in [-0.2, 0) is 9.59 Å². The summed E-state index contributed by atoms with van der Waals surface area (Å²) >= 11 is 0. The smallest absolute Gasteiger partial charge is 0.238 e. The number of nitrogens with one attached hydrogen (secondary N) is 2. The second kappa shape index (κ2) is 8.83.